The Hall–Kier alpha value is -1.12. The first-order valence-electron chi connectivity index (χ1n) is 6.71. The summed E-state index contributed by atoms with van der Waals surface area (Å²) in [6.45, 7) is -0.0287. The number of piperidine rings is 1. The predicted molar refractivity (Wildman–Crippen MR) is 64.1 cm³/mol. The molecule has 5 nitrogen and oxygen atoms in total. The van der Waals surface area contributed by atoms with Crippen molar-refractivity contribution in [1.29, 1.82) is 5.26 Å². The summed E-state index contributed by atoms with van der Waals surface area (Å²) < 4.78 is 0. The van der Waals surface area contributed by atoms with Gasteiger partial charge in [-0.1, -0.05) is 6.42 Å². The summed E-state index contributed by atoms with van der Waals surface area (Å²) in [7, 11) is 0. The zero-order valence-electron chi connectivity index (χ0n) is 10.4. The van der Waals surface area contributed by atoms with Gasteiger partial charge in [-0.25, -0.2) is 0 Å². The summed E-state index contributed by atoms with van der Waals surface area (Å²) in [5.41, 5.74) is 5.66. The quantitative estimate of drug-likeness (QED) is 0.736. The third kappa shape index (κ3) is 1.49. The van der Waals surface area contributed by atoms with E-state index < -0.39 is 11.5 Å². The number of aliphatic hydroxyl groups is 1. The third-order valence-corrected chi connectivity index (χ3v) is 5.10. The first-order valence-corrected chi connectivity index (χ1v) is 6.71. The Morgan fingerprint density at radius 2 is 2.28 bits per heavy atom. The van der Waals surface area contributed by atoms with Gasteiger partial charge in [0.1, 0.15) is 6.04 Å². The Balaban J connectivity index is 1.76. The molecule has 0 aromatic carbocycles. The second-order valence-corrected chi connectivity index (χ2v) is 6.04. The molecule has 3 fully saturated rings. The predicted octanol–water partition coefficient (Wildman–Crippen LogP) is -0.0107. The van der Waals surface area contributed by atoms with Crippen LogP contribution in [0.3, 0.4) is 0 Å². The molecule has 4 atom stereocenters. The molecule has 5 heteroatoms. The maximum absolute atomic E-state index is 12.5. The van der Waals surface area contributed by atoms with Crippen LogP contribution in [0.25, 0.3) is 0 Å². The molecule has 0 aromatic heterocycles. The molecule has 0 radical (unpaired) electrons. The Morgan fingerprint density at radius 1 is 1.56 bits per heavy atom. The van der Waals surface area contributed by atoms with Crippen molar-refractivity contribution in [1.82, 2.24) is 4.90 Å². The minimum Gasteiger partial charge on any atom is -0.396 e. The van der Waals surface area contributed by atoms with Crippen molar-refractivity contribution >= 4 is 5.91 Å². The minimum absolute atomic E-state index is 0.0287. The lowest BCUT2D eigenvalue weighted by Gasteiger charge is -2.45. The molecule has 0 bridgehead atoms. The van der Waals surface area contributed by atoms with Gasteiger partial charge in [-0.05, 0) is 31.6 Å². The van der Waals surface area contributed by atoms with E-state index in [0.29, 0.717) is 5.92 Å². The van der Waals surface area contributed by atoms with Crippen molar-refractivity contribution in [3.63, 3.8) is 0 Å². The van der Waals surface area contributed by atoms with E-state index in [-0.39, 0.29) is 24.6 Å². The van der Waals surface area contributed by atoms with E-state index in [1.54, 1.807) is 4.90 Å². The highest BCUT2D eigenvalue weighted by Gasteiger charge is 2.57. The topological polar surface area (TPSA) is 90.4 Å². The van der Waals surface area contributed by atoms with Crippen LogP contribution in [0.1, 0.15) is 32.1 Å². The highest BCUT2D eigenvalue weighted by Crippen LogP contribution is 2.49. The molecule has 1 saturated heterocycles. The number of amides is 1. The molecule has 0 aromatic rings. The Kier molecular flexibility index (Phi) is 2.61. The maximum atomic E-state index is 12.5. The molecule has 2 aliphatic carbocycles. The van der Waals surface area contributed by atoms with Crippen molar-refractivity contribution in [3.05, 3.63) is 0 Å². The number of carbonyl (C=O) groups excluding carboxylic acids is 1. The number of aliphatic hydroxyl groups excluding tert-OH is 1. The third-order valence-electron chi connectivity index (χ3n) is 5.10. The molecule has 1 amide bonds. The number of hydrogen-bond donors (Lipinski definition) is 2. The van der Waals surface area contributed by atoms with Gasteiger partial charge >= 0.3 is 0 Å². The van der Waals surface area contributed by atoms with Gasteiger partial charge in [0, 0.05) is 11.5 Å². The average molecular weight is 249 g/mol. The van der Waals surface area contributed by atoms with E-state index in [0.717, 1.165) is 32.1 Å². The fraction of sp³-hybridized carbons (Fsp3) is 0.846. The van der Waals surface area contributed by atoms with Gasteiger partial charge in [0.2, 0.25) is 5.91 Å². The van der Waals surface area contributed by atoms with Gasteiger partial charge in [-0.3, -0.25) is 4.79 Å². The normalized spacial score (nSPS) is 37.4. The molecule has 0 spiro atoms. The second-order valence-electron chi connectivity index (χ2n) is 6.04. The molecule has 3 N–H and O–H groups in total. The van der Waals surface area contributed by atoms with Crippen LogP contribution in [0.15, 0.2) is 0 Å². The lowest BCUT2D eigenvalue weighted by Crippen LogP contribution is -2.59. The lowest BCUT2D eigenvalue weighted by molar-refractivity contribution is -0.140. The molecule has 3 rings (SSSR count). The summed E-state index contributed by atoms with van der Waals surface area (Å²) in [6.07, 6.45) is 4.47. The number of nitrogens with two attached hydrogens (primary N) is 1. The summed E-state index contributed by atoms with van der Waals surface area (Å²) in [6, 6.07) is 1.49. The van der Waals surface area contributed by atoms with Crippen LogP contribution >= 0.6 is 0 Å². The van der Waals surface area contributed by atoms with Crippen LogP contribution in [0.4, 0.5) is 0 Å². The SMILES string of the molecule is N#C[C@@H]1CC2C[C@@H]2N1C(=O)C(N)C1(CO)CCC1. The smallest absolute Gasteiger partial charge is 0.241 e. The van der Waals surface area contributed by atoms with Crippen LogP contribution in [0, 0.1) is 22.7 Å². The Morgan fingerprint density at radius 3 is 2.78 bits per heavy atom. The molecule has 1 heterocycles. The first kappa shape index (κ1) is 11.9. The van der Waals surface area contributed by atoms with E-state index >= 15 is 0 Å². The lowest BCUT2D eigenvalue weighted by atomic mass is 9.64. The van der Waals surface area contributed by atoms with Gasteiger partial charge in [-0.15, -0.1) is 0 Å². The number of carbonyl (C=O) groups is 1. The monoisotopic (exact) mass is 249 g/mol. The average Bonchev–Trinajstić information content (AvgIpc) is 2.99. The summed E-state index contributed by atoms with van der Waals surface area (Å²) >= 11 is 0. The van der Waals surface area contributed by atoms with Gasteiger partial charge < -0.3 is 15.7 Å². The zero-order chi connectivity index (χ0) is 12.9. The zero-order valence-corrected chi connectivity index (χ0v) is 10.4. The number of rotatable bonds is 3. The summed E-state index contributed by atoms with van der Waals surface area (Å²) in [5, 5.41) is 18.6. The molecule has 3 aliphatic rings. The van der Waals surface area contributed by atoms with Crippen LogP contribution < -0.4 is 5.73 Å². The molecular formula is C13H19N3O2. The van der Waals surface area contributed by atoms with Crippen molar-refractivity contribution < 1.29 is 9.90 Å². The van der Waals surface area contributed by atoms with Crippen LogP contribution in [-0.2, 0) is 4.79 Å². The highest BCUT2D eigenvalue weighted by molar-refractivity contribution is 5.84. The van der Waals surface area contributed by atoms with E-state index in [1.807, 2.05) is 0 Å². The van der Waals surface area contributed by atoms with Gasteiger partial charge in [0.05, 0.1) is 18.7 Å². The second kappa shape index (κ2) is 3.94. The molecule has 98 valence electrons. The minimum atomic E-state index is -0.647. The van der Waals surface area contributed by atoms with Crippen LogP contribution in [0.5, 0.6) is 0 Å². The van der Waals surface area contributed by atoms with E-state index in [1.165, 1.54) is 0 Å². The number of hydrogen-bond acceptors (Lipinski definition) is 4. The van der Waals surface area contributed by atoms with Crippen molar-refractivity contribution in [2.45, 2.75) is 50.2 Å². The van der Waals surface area contributed by atoms with Gasteiger partial charge in [-0.2, -0.15) is 5.26 Å². The summed E-state index contributed by atoms with van der Waals surface area (Å²) in [5.74, 6) is 0.387. The number of likely N-dealkylation sites (tertiary alicyclic amines) is 1. The highest BCUT2D eigenvalue weighted by atomic mass is 16.3. The van der Waals surface area contributed by atoms with E-state index in [4.69, 9.17) is 11.0 Å². The van der Waals surface area contributed by atoms with E-state index in [9.17, 15) is 9.90 Å². The fourth-order valence-electron chi connectivity index (χ4n) is 3.51. The Bertz CT molecular complexity index is 407. The first-order chi connectivity index (χ1) is 8.63. The number of fused-ring (bicyclic) bond motifs is 1. The largest absolute Gasteiger partial charge is 0.396 e. The van der Waals surface area contributed by atoms with Gasteiger partial charge in [0.25, 0.3) is 0 Å². The molecule has 18 heavy (non-hydrogen) atoms. The van der Waals surface area contributed by atoms with Crippen molar-refractivity contribution in [3.8, 4) is 6.07 Å². The van der Waals surface area contributed by atoms with Gasteiger partial charge in [0.15, 0.2) is 0 Å². The van der Waals surface area contributed by atoms with Crippen LogP contribution in [0.2, 0.25) is 0 Å². The number of nitrogens with zero attached hydrogens (tertiary/aromatic N) is 2. The molecule has 1 aliphatic heterocycles. The Labute approximate surface area is 107 Å². The van der Waals surface area contributed by atoms with E-state index in [2.05, 4.69) is 6.07 Å². The van der Waals surface area contributed by atoms with Crippen molar-refractivity contribution in [2.75, 3.05) is 6.61 Å². The number of nitriles is 1. The standard InChI is InChI=1S/C13H19N3O2/c14-6-9-4-8-5-10(8)16(9)12(18)11(15)13(7-17)2-1-3-13/h8-11,17H,1-5,7,15H2/t8?,9-,10-,11?/m0/s1. The maximum Gasteiger partial charge on any atom is 0.241 e. The summed E-state index contributed by atoms with van der Waals surface area (Å²) in [4.78, 5) is 14.2. The van der Waals surface area contributed by atoms with Crippen molar-refractivity contribution in [2.24, 2.45) is 17.1 Å². The molecule has 2 unspecified atom stereocenters. The fourth-order valence-corrected chi connectivity index (χ4v) is 3.51. The molecular weight excluding hydrogens is 230 g/mol. The molecule has 2 saturated carbocycles. The van der Waals surface area contributed by atoms with Crippen LogP contribution in [-0.4, -0.2) is 40.6 Å².